The third-order valence-electron chi connectivity index (χ3n) is 4.62. The predicted molar refractivity (Wildman–Crippen MR) is 115 cm³/mol. The summed E-state index contributed by atoms with van der Waals surface area (Å²) in [6, 6.07) is 21.1. The van der Waals surface area contributed by atoms with Crippen molar-refractivity contribution in [3.63, 3.8) is 0 Å². The van der Waals surface area contributed by atoms with Gasteiger partial charge in [0.1, 0.15) is 11.4 Å². The van der Waals surface area contributed by atoms with Gasteiger partial charge in [0.25, 0.3) is 5.91 Å². The van der Waals surface area contributed by atoms with Gasteiger partial charge in [0, 0.05) is 12.6 Å². The summed E-state index contributed by atoms with van der Waals surface area (Å²) in [6.45, 7) is 3.61. The van der Waals surface area contributed by atoms with Crippen molar-refractivity contribution >= 4 is 11.6 Å². The van der Waals surface area contributed by atoms with E-state index >= 15 is 0 Å². The highest BCUT2D eigenvalue weighted by atomic mass is 16.5. The number of benzene rings is 2. The van der Waals surface area contributed by atoms with Crippen molar-refractivity contribution in [2.45, 2.75) is 13.8 Å². The second-order valence-corrected chi connectivity index (χ2v) is 6.83. The minimum Gasteiger partial charge on any atom is -0.424 e. The topological polar surface area (TPSA) is 81.9 Å². The number of amides is 1. The highest BCUT2D eigenvalue weighted by molar-refractivity contribution is 6.04. The van der Waals surface area contributed by atoms with Crippen LogP contribution >= 0.6 is 0 Å². The highest BCUT2D eigenvalue weighted by Gasteiger charge is 2.18. The average Bonchev–Trinajstić information content (AvgIpc) is 3.14. The molecular formula is C23H21N5O2. The van der Waals surface area contributed by atoms with Crippen molar-refractivity contribution in [2.75, 3.05) is 5.32 Å². The molecule has 0 aliphatic heterocycles. The van der Waals surface area contributed by atoms with Crippen molar-refractivity contribution in [3.05, 3.63) is 83.8 Å². The van der Waals surface area contributed by atoms with Crippen molar-refractivity contribution in [1.29, 1.82) is 0 Å². The summed E-state index contributed by atoms with van der Waals surface area (Å²) in [5.74, 6) is 0.370. The van der Waals surface area contributed by atoms with E-state index in [0.29, 0.717) is 28.5 Å². The van der Waals surface area contributed by atoms with Crippen LogP contribution < -0.4 is 10.1 Å². The number of hydrogen-bond acceptors (Lipinski definition) is 5. The maximum absolute atomic E-state index is 12.9. The van der Waals surface area contributed by atoms with Gasteiger partial charge in [0.15, 0.2) is 0 Å². The van der Waals surface area contributed by atoms with E-state index in [4.69, 9.17) is 4.74 Å². The third kappa shape index (κ3) is 4.05. The van der Waals surface area contributed by atoms with Crippen LogP contribution in [0.3, 0.4) is 0 Å². The molecule has 150 valence electrons. The lowest BCUT2D eigenvalue weighted by Crippen LogP contribution is -2.18. The lowest BCUT2D eigenvalue weighted by atomic mass is 10.1. The van der Waals surface area contributed by atoms with Crippen LogP contribution in [0.1, 0.15) is 21.9 Å². The molecule has 0 saturated carbocycles. The highest BCUT2D eigenvalue weighted by Crippen LogP contribution is 2.24. The van der Waals surface area contributed by atoms with Crippen LogP contribution in [-0.4, -0.2) is 25.7 Å². The number of aromatic nitrogens is 4. The van der Waals surface area contributed by atoms with Crippen LogP contribution in [0.2, 0.25) is 0 Å². The Hall–Kier alpha value is -4.00. The molecule has 4 aromatic rings. The van der Waals surface area contributed by atoms with Gasteiger partial charge in [-0.1, -0.05) is 48.5 Å². The molecule has 4 rings (SSSR count). The number of carbonyl (C=O) groups excluding carboxylic acids is 1. The number of para-hydroxylation sites is 1. The van der Waals surface area contributed by atoms with Gasteiger partial charge in [-0.15, -0.1) is 0 Å². The van der Waals surface area contributed by atoms with Gasteiger partial charge in [-0.05, 0) is 32.0 Å². The van der Waals surface area contributed by atoms with Gasteiger partial charge in [0.2, 0.25) is 0 Å². The molecule has 0 spiro atoms. The Morgan fingerprint density at radius 3 is 2.17 bits per heavy atom. The lowest BCUT2D eigenvalue weighted by Gasteiger charge is -2.12. The molecule has 0 bridgehead atoms. The number of nitrogens with zero attached hydrogens (tertiary/aromatic N) is 4. The lowest BCUT2D eigenvalue weighted by molar-refractivity contribution is 0.101. The number of anilines is 1. The SMILES string of the molecule is Cc1nc(Oc2ccccc2)nc(C)c1NC(=O)c1cc(-c2ccccc2)nn1C. The standard InChI is InChI=1S/C23H21N5O2/c1-15-21(16(2)25-23(24-15)30-18-12-8-5-9-13-18)26-22(29)20-14-19(27-28(20)3)17-10-6-4-7-11-17/h4-14H,1-3H3,(H,26,29). The summed E-state index contributed by atoms with van der Waals surface area (Å²) in [7, 11) is 1.74. The van der Waals surface area contributed by atoms with E-state index < -0.39 is 0 Å². The molecule has 0 aliphatic carbocycles. The first-order chi connectivity index (χ1) is 14.5. The van der Waals surface area contributed by atoms with E-state index in [1.54, 1.807) is 31.6 Å². The average molecular weight is 399 g/mol. The number of carbonyl (C=O) groups is 1. The van der Waals surface area contributed by atoms with Crippen LogP contribution in [0.25, 0.3) is 11.3 Å². The van der Waals surface area contributed by atoms with Gasteiger partial charge >= 0.3 is 6.01 Å². The number of nitrogens with one attached hydrogen (secondary N) is 1. The molecule has 1 N–H and O–H groups in total. The molecule has 2 heterocycles. The third-order valence-corrected chi connectivity index (χ3v) is 4.62. The summed E-state index contributed by atoms with van der Waals surface area (Å²) in [4.78, 5) is 21.7. The molecule has 0 radical (unpaired) electrons. The molecule has 7 nitrogen and oxygen atoms in total. The Labute approximate surface area is 174 Å². The van der Waals surface area contributed by atoms with Gasteiger partial charge in [0.05, 0.1) is 22.8 Å². The fraction of sp³-hybridized carbons (Fsp3) is 0.130. The first-order valence-corrected chi connectivity index (χ1v) is 9.50. The van der Waals surface area contributed by atoms with Crippen molar-refractivity contribution in [3.8, 4) is 23.0 Å². The Balaban J connectivity index is 1.56. The summed E-state index contributed by atoms with van der Waals surface area (Å²) >= 11 is 0. The molecule has 0 atom stereocenters. The predicted octanol–water partition coefficient (Wildman–Crippen LogP) is 4.54. The van der Waals surface area contributed by atoms with E-state index in [2.05, 4.69) is 20.4 Å². The molecule has 0 unspecified atom stereocenters. The number of hydrogen-bond donors (Lipinski definition) is 1. The summed E-state index contributed by atoms with van der Waals surface area (Å²) in [5.41, 5.74) is 3.92. The molecule has 7 heteroatoms. The van der Waals surface area contributed by atoms with Crippen molar-refractivity contribution in [2.24, 2.45) is 7.05 Å². The Morgan fingerprint density at radius 1 is 0.933 bits per heavy atom. The van der Waals surface area contributed by atoms with Gasteiger partial charge in [-0.3, -0.25) is 9.48 Å². The van der Waals surface area contributed by atoms with E-state index in [-0.39, 0.29) is 11.9 Å². The molecule has 2 aromatic heterocycles. The monoisotopic (exact) mass is 399 g/mol. The minimum atomic E-state index is -0.279. The molecule has 30 heavy (non-hydrogen) atoms. The summed E-state index contributed by atoms with van der Waals surface area (Å²) in [6.07, 6.45) is 0. The first kappa shape index (κ1) is 19.3. The van der Waals surface area contributed by atoms with Crippen LogP contribution in [0.15, 0.2) is 66.7 Å². The zero-order chi connectivity index (χ0) is 21.1. The van der Waals surface area contributed by atoms with Crippen LogP contribution in [0.5, 0.6) is 11.8 Å². The Kier molecular flexibility index (Phi) is 5.26. The molecule has 2 aromatic carbocycles. The maximum Gasteiger partial charge on any atom is 0.322 e. The zero-order valence-corrected chi connectivity index (χ0v) is 17.0. The maximum atomic E-state index is 12.9. The smallest absolute Gasteiger partial charge is 0.322 e. The van der Waals surface area contributed by atoms with Gasteiger partial charge in [-0.25, -0.2) is 0 Å². The van der Waals surface area contributed by atoms with Gasteiger partial charge in [-0.2, -0.15) is 15.1 Å². The number of rotatable bonds is 5. The molecule has 0 aliphatic rings. The molecule has 1 amide bonds. The van der Waals surface area contributed by atoms with E-state index in [9.17, 15) is 4.79 Å². The normalized spacial score (nSPS) is 10.6. The van der Waals surface area contributed by atoms with Gasteiger partial charge < -0.3 is 10.1 Å². The second-order valence-electron chi connectivity index (χ2n) is 6.83. The van der Waals surface area contributed by atoms with Crippen LogP contribution in [0.4, 0.5) is 5.69 Å². The van der Waals surface area contributed by atoms with E-state index in [1.807, 2.05) is 60.7 Å². The minimum absolute atomic E-state index is 0.237. The Bertz CT molecular complexity index is 1160. The van der Waals surface area contributed by atoms with E-state index in [0.717, 1.165) is 11.3 Å². The fourth-order valence-corrected chi connectivity index (χ4v) is 3.11. The summed E-state index contributed by atoms with van der Waals surface area (Å²) < 4.78 is 7.27. The van der Waals surface area contributed by atoms with Crippen LogP contribution in [-0.2, 0) is 7.05 Å². The quantitative estimate of drug-likeness (QED) is 0.533. The largest absolute Gasteiger partial charge is 0.424 e. The summed E-state index contributed by atoms with van der Waals surface area (Å²) in [5, 5.41) is 7.37. The zero-order valence-electron chi connectivity index (χ0n) is 17.0. The second kappa shape index (κ2) is 8.16. The van der Waals surface area contributed by atoms with Crippen molar-refractivity contribution < 1.29 is 9.53 Å². The number of aryl methyl sites for hydroxylation is 3. The fourth-order valence-electron chi connectivity index (χ4n) is 3.11. The Morgan fingerprint density at radius 2 is 1.53 bits per heavy atom. The first-order valence-electron chi connectivity index (χ1n) is 9.50. The molecular weight excluding hydrogens is 378 g/mol. The molecule has 0 saturated heterocycles. The van der Waals surface area contributed by atoms with Crippen LogP contribution in [0, 0.1) is 13.8 Å². The van der Waals surface area contributed by atoms with Crippen molar-refractivity contribution in [1.82, 2.24) is 19.7 Å². The molecule has 0 fully saturated rings. The van der Waals surface area contributed by atoms with E-state index in [1.165, 1.54) is 0 Å². The number of ether oxygens (including phenoxy) is 1.